The van der Waals surface area contributed by atoms with Crippen LogP contribution in [-0.4, -0.2) is 38.9 Å². The highest BCUT2D eigenvalue weighted by atomic mass is 19.4. The van der Waals surface area contributed by atoms with E-state index in [1.165, 1.54) is 11.8 Å². The van der Waals surface area contributed by atoms with Gasteiger partial charge in [-0.15, -0.1) is 5.10 Å². The molecule has 0 aliphatic carbocycles. The largest absolute Gasteiger partial charge is 0.419 e. The Labute approximate surface area is 231 Å². The molecule has 1 aliphatic rings. The number of hydrogen-bond donors (Lipinski definition) is 1. The number of likely N-dealkylation sites (tertiary alicyclic amines) is 1. The molecule has 1 N–H and O–H groups in total. The highest BCUT2D eigenvalue weighted by molar-refractivity contribution is 5.92. The number of hydrogen-bond acceptors (Lipinski definition) is 4. The molecule has 1 aromatic heterocycles. The van der Waals surface area contributed by atoms with Gasteiger partial charge >= 0.3 is 6.18 Å². The molecule has 214 valence electrons. The first-order chi connectivity index (χ1) is 19.6. The lowest BCUT2D eigenvalue weighted by atomic mass is 10.1. The molecule has 3 aromatic carbocycles. The fraction of sp³-hybridized carbons (Fsp3) is 0.276. The summed E-state index contributed by atoms with van der Waals surface area (Å²) in [6.45, 7) is 3.15. The molecular weight excluding hydrogens is 548 g/mol. The van der Waals surface area contributed by atoms with Crippen molar-refractivity contribution in [2.45, 2.75) is 32.1 Å². The van der Waals surface area contributed by atoms with Gasteiger partial charge in [0, 0.05) is 25.3 Å². The maximum atomic E-state index is 14.9. The summed E-state index contributed by atoms with van der Waals surface area (Å²) in [6.07, 6.45) is -3.29. The standard InChI is InChI=1S/C29H25F6N5O/c30-23-12-21(36-26(41)11-20-7-4-8-22(28(20)32)29(33,34)35)13-24(31)27(23)25-17-40(38-37-25)16-19-9-10-39(15-19)14-18-5-2-1-3-6-18/h1-8,12-13,17,19H,9-11,14-16H2,(H,36,41). The Hall–Kier alpha value is -4.19. The third-order valence-electron chi connectivity index (χ3n) is 6.92. The molecule has 0 bridgehead atoms. The van der Waals surface area contributed by atoms with E-state index in [1.807, 2.05) is 18.2 Å². The molecule has 1 fully saturated rings. The van der Waals surface area contributed by atoms with E-state index in [-0.39, 0.29) is 11.4 Å². The van der Waals surface area contributed by atoms with Crippen molar-refractivity contribution in [2.75, 3.05) is 18.4 Å². The summed E-state index contributed by atoms with van der Waals surface area (Å²) in [7, 11) is 0. The Morgan fingerprint density at radius 1 is 1.00 bits per heavy atom. The molecule has 1 amide bonds. The van der Waals surface area contributed by atoms with E-state index in [2.05, 4.69) is 32.7 Å². The van der Waals surface area contributed by atoms with Crippen molar-refractivity contribution in [1.29, 1.82) is 0 Å². The third-order valence-corrected chi connectivity index (χ3v) is 6.92. The number of aromatic nitrogens is 3. The maximum Gasteiger partial charge on any atom is 0.419 e. The van der Waals surface area contributed by atoms with Crippen molar-refractivity contribution >= 4 is 11.6 Å². The first kappa shape index (κ1) is 28.3. The Kier molecular flexibility index (Phi) is 8.11. The molecule has 6 nitrogen and oxygen atoms in total. The molecule has 1 aliphatic heterocycles. The molecule has 4 aromatic rings. The number of halogens is 6. The number of carbonyl (C=O) groups excluding carboxylic acids is 1. The second-order valence-corrected chi connectivity index (χ2v) is 10.0. The number of anilines is 1. The van der Waals surface area contributed by atoms with Crippen molar-refractivity contribution < 1.29 is 31.1 Å². The molecule has 0 radical (unpaired) electrons. The van der Waals surface area contributed by atoms with E-state index in [0.29, 0.717) is 18.5 Å². The van der Waals surface area contributed by atoms with Crippen molar-refractivity contribution in [3.05, 3.63) is 101 Å². The van der Waals surface area contributed by atoms with Crippen molar-refractivity contribution in [2.24, 2.45) is 5.92 Å². The van der Waals surface area contributed by atoms with Gasteiger partial charge in [0.05, 0.1) is 23.7 Å². The summed E-state index contributed by atoms with van der Waals surface area (Å²) < 4.78 is 84.5. The average molecular weight is 574 g/mol. The van der Waals surface area contributed by atoms with Crippen LogP contribution in [0.25, 0.3) is 11.3 Å². The lowest BCUT2D eigenvalue weighted by Crippen LogP contribution is -2.21. The topological polar surface area (TPSA) is 63.1 Å². The minimum Gasteiger partial charge on any atom is -0.326 e. The first-order valence-corrected chi connectivity index (χ1v) is 12.9. The average Bonchev–Trinajstić information content (AvgIpc) is 3.54. The van der Waals surface area contributed by atoms with Crippen LogP contribution in [0.4, 0.5) is 32.0 Å². The second-order valence-electron chi connectivity index (χ2n) is 10.0. The number of benzene rings is 3. The number of carbonyl (C=O) groups is 1. The van der Waals surface area contributed by atoms with E-state index >= 15 is 0 Å². The Morgan fingerprint density at radius 2 is 1.73 bits per heavy atom. The first-order valence-electron chi connectivity index (χ1n) is 12.9. The van der Waals surface area contributed by atoms with Crippen molar-refractivity contribution in [3.8, 4) is 11.3 Å². The molecule has 2 heterocycles. The van der Waals surface area contributed by atoms with Crippen LogP contribution in [-0.2, 0) is 30.5 Å². The monoisotopic (exact) mass is 573 g/mol. The van der Waals surface area contributed by atoms with E-state index in [1.54, 1.807) is 4.68 Å². The van der Waals surface area contributed by atoms with E-state index in [0.717, 1.165) is 50.3 Å². The van der Waals surface area contributed by atoms with Crippen molar-refractivity contribution in [1.82, 2.24) is 19.9 Å². The summed E-state index contributed by atoms with van der Waals surface area (Å²) >= 11 is 0. The van der Waals surface area contributed by atoms with Gasteiger partial charge in [-0.05, 0) is 48.2 Å². The summed E-state index contributed by atoms with van der Waals surface area (Å²) in [6, 6.07) is 14.4. The smallest absolute Gasteiger partial charge is 0.326 e. The zero-order chi connectivity index (χ0) is 29.1. The minimum absolute atomic E-state index is 0.0250. The van der Waals surface area contributed by atoms with Gasteiger partial charge in [-0.25, -0.2) is 13.2 Å². The molecular formula is C29H25F6N5O. The van der Waals surface area contributed by atoms with Crippen LogP contribution in [0.5, 0.6) is 0 Å². The van der Waals surface area contributed by atoms with Gasteiger partial charge in [-0.1, -0.05) is 47.7 Å². The minimum atomic E-state index is -4.93. The normalized spacial score (nSPS) is 15.8. The highest BCUT2D eigenvalue weighted by Gasteiger charge is 2.35. The molecule has 0 saturated carbocycles. The van der Waals surface area contributed by atoms with Gasteiger partial charge in [-0.3, -0.25) is 14.4 Å². The highest BCUT2D eigenvalue weighted by Crippen LogP contribution is 2.33. The van der Waals surface area contributed by atoms with Gasteiger partial charge in [0.2, 0.25) is 5.91 Å². The van der Waals surface area contributed by atoms with Crippen LogP contribution < -0.4 is 5.32 Å². The number of nitrogens with zero attached hydrogens (tertiary/aromatic N) is 4. The Bertz CT molecular complexity index is 1520. The van der Waals surface area contributed by atoms with Crippen molar-refractivity contribution in [3.63, 3.8) is 0 Å². The summed E-state index contributed by atoms with van der Waals surface area (Å²) in [5, 5.41) is 10.1. The molecule has 0 spiro atoms. The van der Waals surface area contributed by atoms with Gasteiger partial charge in [0.1, 0.15) is 23.1 Å². The van der Waals surface area contributed by atoms with Gasteiger partial charge in [0.25, 0.3) is 0 Å². The van der Waals surface area contributed by atoms with E-state index < -0.39 is 52.6 Å². The zero-order valence-electron chi connectivity index (χ0n) is 21.6. The molecule has 41 heavy (non-hydrogen) atoms. The predicted molar refractivity (Wildman–Crippen MR) is 139 cm³/mol. The quantitative estimate of drug-likeness (QED) is 0.260. The molecule has 5 rings (SSSR count). The SMILES string of the molecule is O=C(Cc1cccc(C(F)(F)F)c1F)Nc1cc(F)c(-c2cn(CC3CCN(Cc4ccccc4)C3)nn2)c(F)c1. The van der Waals surface area contributed by atoms with Crippen LogP contribution in [0.3, 0.4) is 0 Å². The van der Waals surface area contributed by atoms with Crippen LogP contribution in [0.2, 0.25) is 0 Å². The summed E-state index contributed by atoms with van der Waals surface area (Å²) in [5.41, 5.74) is -1.52. The van der Waals surface area contributed by atoms with Gasteiger partial charge in [-0.2, -0.15) is 13.2 Å². The van der Waals surface area contributed by atoms with Crippen LogP contribution >= 0.6 is 0 Å². The van der Waals surface area contributed by atoms with Crippen LogP contribution in [0, 0.1) is 23.4 Å². The number of alkyl halides is 3. The predicted octanol–water partition coefficient (Wildman–Crippen LogP) is 6.08. The van der Waals surface area contributed by atoms with Gasteiger partial charge < -0.3 is 5.32 Å². The number of amides is 1. The number of rotatable bonds is 8. The fourth-order valence-corrected chi connectivity index (χ4v) is 5.02. The zero-order valence-corrected chi connectivity index (χ0v) is 21.6. The Morgan fingerprint density at radius 3 is 2.44 bits per heavy atom. The van der Waals surface area contributed by atoms with Crippen LogP contribution in [0.1, 0.15) is 23.1 Å². The third kappa shape index (κ3) is 6.76. The Balaban J connectivity index is 1.21. The maximum absolute atomic E-state index is 14.9. The lowest BCUT2D eigenvalue weighted by Gasteiger charge is -2.16. The molecule has 1 unspecified atom stereocenters. The van der Waals surface area contributed by atoms with Crippen LogP contribution in [0.15, 0.2) is 66.9 Å². The number of nitrogens with one attached hydrogen (secondary N) is 1. The van der Waals surface area contributed by atoms with E-state index in [9.17, 15) is 31.1 Å². The second kappa shape index (κ2) is 11.7. The summed E-state index contributed by atoms with van der Waals surface area (Å²) in [5.74, 6) is -4.27. The van der Waals surface area contributed by atoms with Gasteiger partial charge in [0.15, 0.2) is 0 Å². The lowest BCUT2D eigenvalue weighted by molar-refractivity contribution is -0.140. The molecule has 12 heteroatoms. The fourth-order valence-electron chi connectivity index (χ4n) is 5.02. The summed E-state index contributed by atoms with van der Waals surface area (Å²) in [4.78, 5) is 14.7. The van der Waals surface area contributed by atoms with E-state index in [4.69, 9.17) is 0 Å². The molecule has 1 saturated heterocycles. The molecule has 1 atom stereocenters.